The third-order valence-corrected chi connectivity index (χ3v) is 2.98. The summed E-state index contributed by atoms with van der Waals surface area (Å²) >= 11 is 3.95. The van der Waals surface area contributed by atoms with E-state index < -0.39 is 12.2 Å². The molecule has 2 atom stereocenters. The van der Waals surface area contributed by atoms with Gasteiger partial charge in [-0.25, -0.2) is 0 Å². The van der Waals surface area contributed by atoms with E-state index in [0.29, 0.717) is 22.8 Å². The number of rotatable bonds is 6. The Balaban J connectivity index is 3.28. The first-order valence-corrected chi connectivity index (χ1v) is 5.99. The Morgan fingerprint density at radius 3 is 2.11 bits per heavy atom. The van der Waals surface area contributed by atoms with Crippen molar-refractivity contribution in [1.29, 1.82) is 0 Å². The summed E-state index contributed by atoms with van der Waals surface area (Å²) in [6.07, 6.45) is -2.09. The quantitative estimate of drug-likeness (QED) is 0.676. The van der Waals surface area contributed by atoms with Crippen LogP contribution in [0.3, 0.4) is 0 Å². The highest BCUT2D eigenvalue weighted by atomic mass is 32.1. The molecule has 5 nitrogen and oxygen atoms in total. The van der Waals surface area contributed by atoms with Gasteiger partial charge in [-0.2, -0.15) is 12.6 Å². The molecule has 0 saturated heterocycles. The Bertz CT molecular complexity index is 396. The van der Waals surface area contributed by atoms with Crippen molar-refractivity contribution in [3.8, 4) is 17.2 Å². The van der Waals surface area contributed by atoms with Gasteiger partial charge in [-0.05, 0) is 12.1 Å². The predicted molar refractivity (Wildman–Crippen MR) is 70.9 cm³/mol. The summed E-state index contributed by atoms with van der Waals surface area (Å²) in [5, 5.41) is 19.6. The molecule has 6 heteroatoms. The van der Waals surface area contributed by atoms with Gasteiger partial charge in [-0.1, -0.05) is 0 Å². The molecule has 0 fully saturated rings. The van der Waals surface area contributed by atoms with Crippen LogP contribution in [0.4, 0.5) is 0 Å². The van der Waals surface area contributed by atoms with Crippen LogP contribution in [0.1, 0.15) is 11.7 Å². The fourth-order valence-corrected chi connectivity index (χ4v) is 1.86. The monoisotopic (exact) mass is 274 g/mol. The van der Waals surface area contributed by atoms with E-state index in [4.69, 9.17) is 14.2 Å². The summed E-state index contributed by atoms with van der Waals surface area (Å²) in [5.41, 5.74) is 0.428. The van der Waals surface area contributed by atoms with Crippen molar-refractivity contribution in [2.24, 2.45) is 0 Å². The number of thiol groups is 1. The Morgan fingerprint density at radius 2 is 1.67 bits per heavy atom. The van der Waals surface area contributed by atoms with E-state index in [9.17, 15) is 10.2 Å². The average Bonchev–Trinajstić information content (AvgIpc) is 2.43. The molecule has 0 radical (unpaired) electrons. The first-order chi connectivity index (χ1) is 8.60. The average molecular weight is 274 g/mol. The van der Waals surface area contributed by atoms with Gasteiger partial charge in [0.1, 0.15) is 6.10 Å². The van der Waals surface area contributed by atoms with Gasteiger partial charge in [0.25, 0.3) is 0 Å². The number of aliphatic hydroxyl groups is 2. The highest BCUT2D eigenvalue weighted by Gasteiger charge is 2.25. The molecule has 1 rings (SSSR count). The lowest BCUT2D eigenvalue weighted by Gasteiger charge is -2.21. The Kier molecular flexibility index (Phi) is 5.58. The van der Waals surface area contributed by atoms with Crippen molar-refractivity contribution in [3.63, 3.8) is 0 Å². The molecule has 2 unspecified atom stereocenters. The Hall–Kier alpha value is -1.11. The normalized spacial score (nSPS) is 13.9. The largest absolute Gasteiger partial charge is 0.493 e. The molecule has 0 aliphatic carbocycles. The molecule has 0 bridgehead atoms. The second kappa shape index (κ2) is 6.72. The molecular formula is C12H18O5S. The van der Waals surface area contributed by atoms with E-state index in [2.05, 4.69) is 12.6 Å². The zero-order valence-corrected chi connectivity index (χ0v) is 11.5. The number of hydrogen-bond acceptors (Lipinski definition) is 6. The minimum absolute atomic E-state index is 0.138. The number of ether oxygens (including phenoxy) is 3. The molecular weight excluding hydrogens is 256 g/mol. The van der Waals surface area contributed by atoms with Crippen LogP contribution in [-0.4, -0.2) is 43.4 Å². The van der Waals surface area contributed by atoms with E-state index in [-0.39, 0.29) is 5.75 Å². The van der Waals surface area contributed by atoms with Crippen molar-refractivity contribution < 1.29 is 24.4 Å². The fourth-order valence-electron chi connectivity index (χ4n) is 1.66. The van der Waals surface area contributed by atoms with Crippen LogP contribution in [0.25, 0.3) is 0 Å². The molecule has 2 N–H and O–H groups in total. The lowest BCUT2D eigenvalue weighted by molar-refractivity contribution is 0.0320. The van der Waals surface area contributed by atoms with Crippen LogP contribution in [0.2, 0.25) is 0 Å². The van der Waals surface area contributed by atoms with Gasteiger partial charge in [0.15, 0.2) is 11.5 Å². The van der Waals surface area contributed by atoms with Crippen molar-refractivity contribution in [2.75, 3.05) is 27.1 Å². The topological polar surface area (TPSA) is 68.2 Å². The van der Waals surface area contributed by atoms with Crippen LogP contribution >= 0.6 is 12.6 Å². The van der Waals surface area contributed by atoms with E-state index in [1.165, 1.54) is 21.3 Å². The molecule has 18 heavy (non-hydrogen) atoms. The molecule has 0 spiro atoms. The maximum atomic E-state index is 10.0. The van der Waals surface area contributed by atoms with E-state index in [1.807, 2.05) is 0 Å². The number of hydrogen-bond donors (Lipinski definition) is 3. The summed E-state index contributed by atoms with van der Waals surface area (Å²) in [4.78, 5) is 0. The number of aliphatic hydroxyl groups excluding tert-OH is 2. The van der Waals surface area contributed by atoms with Crippen molar-refractivity contribution >= 4 is 12.6 Å². The molecule has 102 valence electrons. The molecule has 0 aliphatic rings. The van der Waals surface area contributed by atoms with Gasteiger partial charge in [0.05, 0.1) is 27.4 Å². The Labute approximate surface area is 112 Å². The smallest absolute Gasteiger partial charge is 0.203 e. The fraction of sp³-hybridized carbons (Fsp3) is 0.500. The minimum atomic E-state index is -1.10. The van der Waals surface area contributed by atoms with Crippen LogP contribution in [0, 0.1) is 0 Å². The molecule has 1 aromatic rings. The van der Waals surface area contributed by atoms with Crippen LogP contribution in [-0.2, 0) is 0 Å². The number of methoxy groups -OCH3 is 3. The van der Waals surface area contributed by atoms with Crippen LogP contribution in [0.5, 0.6) is 17.2 Å². The maximum absolute atomic E-state index is 10.0. The third-order valence-electron chi connectivity index (χ3n) is 2.60. The van der Waals surface area contributed by atoms with Crippen LogP contribution in [0.15, 0.2) is 12.1 Å². The van der Waals surface area contributed by atoms with Gasteiger partial charge in [0.2, 0.25) is 5.75 Å². The molecule has 0 aliphatic heterocycles. The first-order valence-electron chi connectivity index (χ1n) is 5.36. The van der Waals surface area contributed by atoms with Gasteiger partial charge < -0.3 is 24.4 Å². The second-order valence-corrected chi connectivity index (χ2v) is 3.98. The standard InChI is InChI=1S/C12H18O5S/c1-15-9-5-4-7(10(14)8(13)6-18)11(16-2)12(9)17-3/h4-5,8,10,13-14,18H,6H2,1-3H3. The summed E-state index contributed by atoms with van der Waals surface area (Å²) in [5.74, 6) is 1.34. The van der Waals surface area contributed by atoms with Crippen LogP contribution < -0.4 is 14.2 Å². The predicted octanol–water partition coefficient (Wildman–Crippen LogP) is 1.04. The zero-order chi connectivity index (χ0) is 13.7. The molecule has 0 heterocycles. The van der Waals surface area contributed by atoms with Gasteiger partial charge in [0, 0.05) is 11.3 Å². The van der Waals surface area contributed by atoms with Gasteiger partial charge >= 0.3 is 0 Å². The third kappa shape index (κ3) is 2.82. The molecule has 1 aromatic carbocycles. The SMILES string of the molecule is COc1ccc(C(O)C(O)CS)c(OC)c1OC. The first kappa shape index (κ1) is 14.9. The summed E-state index contributed by atoms with van der Waals surface area (Å²) in [6.45, 7) is 0. The summed E-state index contributed by atoms with van der Waals surface area (Å²) in [6, 6.07) is 3.27. The van der Waals surface area contributed by atoms with Crippen molar-refractivity contribution in [1.82, 2.24) is 0 Å². The summed E-state index contributed by atoms with van der Waals surface area (Å²) < 4.78 is 15.6. The summed E-state index contributed by atoms with van der Waals surface area (Å²) in [7, 11) is 4.45. The van der Waals surface area contributed by atoms with Gasteiger partial charge in [-0.15, -0.1) is 0 Å². The van der Waals surface area contributed by atoms with E-state index >= 15 is 0 Å². The highest BCUT2D eigenvalue weighted by Crippen LogP contribution is 2.42. The van der Waals surface area contributed by atoms with E-state index in [0.717, 1.165) is 0 Å². The Morgan fingerprint density at radius 1 is 1.06 bits per heavy atom. The lowest BCUT2D eigenvalue weighted by Crippen LogP contribution is -2.20. The number of benzene rings is 1. The molecule has 0 aromatic heterocycles. The van der Waals surface area contributed by atoms with E-state index in [1.54, 1.807) is 12.1 Å². The molecule has 0 amide bonds. The van der Waals surface area contributed by atoms with Gasteiger partial charge in [-0.3, -0.25) is 0 Å². The zero-order valence-electron chi connectivity index (χ0n) is 10.6. The van der Waals surface area contributed by atoms with Crippen molar-refractivity contribution in [3.05, 3.63) is 17.7 Å². The maximum Gasteiger partial charge on any atom is 0.203 e. The minimum Gasteiger partial charge on any atom is -0.493 e. The molecule has 0 saturated carbocycles. The lowest BCUT2D eigenvalue weighted by atomic mass is 10.0. The highest BCUT2D eigenvalue weighted by molar-refractivity contribution is 7.80. The van der Waals surface area contributed by atoms with Crippen molar-refractivity contribution in [2.45, 2.75) is 12.2 Å². The second-order valence-electron chi connectivity index (χ2n) is 3.62.